The van der Waals surface area contributed by atoms with Crippen molar-refractivity contribution in [2.45, 2.75) is 20.4 Å². The lowest BCUT2D eigenvalue weighted by atomic mass is 10.1. The van der Waals surface area contributed by atoms with Crippen LogP contribution in [0.2, 0.25) is 0 Å². The number of hydrogen-bond acceptors (Lipinski definition) is 5. The second kappa shape index (κ2) is 7.22. The SMILES string of the molecule is CCOc1ccc(C(=O)NCc2cn3cc(C)ccc3n2)cc1[N+](=O)[O-]. The maximum atomic E-state index is 12.3. The molecule has 1 aromatic carbocycles. The van der Waals surface area contributed by atoms with Gasteiger partial charge in [0.2, 0.25) is 0 Å². The number of imidazole rings is 1. The first kappa shape index (κ1) is 17.4. The highest BCUT2D eigenvalue weighted by atomic mass is 16.6. The fourth-order valence-electron chi connectivity index (χ4n) is 2.59. The third-order valence-corrected chi connectivity index (χ3v) is 3.80. The molecule has 26 heavy (non-hydrogen) atoms. The minimum atomic E-state index is -0.563. The number of aryl methyl sites for hydroxylation is 1. The van der Waals surface area contributed by atoms with Crippen LogP contribution in [0.4, 0.5) is 5.69 Å². The van der Waals surface area contributed by atoms with Crippen LogP contribution in [0.25, 0.3) is 5.65 Å². The summed E-state index contributed by atoms with van der Waals surface area (Å²) in [7, 11) is 0. The van der Waals surface area contributed by atoms with E-state index in [0.29, 0.717) is 12.3 Å². The molecule has 1 amide bonds. The van der Waals surface area contributed by atoms with E-state index in [1.54, 1.807) is 6.92 Å². The minimum Gasteiger partial charge on any atom is -0.487 e. The van der Waals surface area contributed by atoms with Crippen LogP contribution in [-0.4, -0.2) is 26.8 Å². The minimum absolute atomic E-state index is 0.143. The topological polar surface area (TPSA) is 98.8 Å². The quantitative estimate of drug-likeness (QED) is 0.542. The molecule has 3 rings (SSSR count). The lowest BCUT2D eigenvalue weighted by Gasteiger charge is -2.07. The lowest BCUT2D eigenvalue weighted by molar-refractivity contribution is -0.385. The number of pyridine rings is 1. The van der Waals surface area contributed by atoms with Crippen molar-refractivity contribution in [3.63, 3.8) is 0 Å². The normalized spacial score (nSPS) is 10.7. The van der Waals surface area contributed by atoms with Gasteiger partial charge >= 0.3 is 5.69 Å². The molecule has 0 saturated heterocycles. The zero-order chi connectivity index (χ0) is 18.7. The van der Waals surface area contributed by atoms with Crippen LogP contribution in [0, 0.1) is 17.0 Å². The number of fused-ring (bicyclic) bond motifs is 1. The molecule has 0 spiro atoms. The Bertz CT molecular complexity index is 980. The van der Waals surface area contributed by atoms with Crippen LogP contribution in [0.1, 0.15) is 28.5 Å². The first-order valence-electron chi connectivity index (χ1n) is 8.11. The average Bonchev–Trinajstić information content (AvgIpc) is 3.02. The molecule has 8 heteroatoms. The predicted octanol–water partition coefficient (Wildman–Crippen LogP) is 2.88. The summed E-state index contributed by atoms with van der Waals surface area (Å²) in [5.74, 6) is -0.269. The highest BCUT2D eigenvalue weighted by Gasteiger charge is 2.18. The molecule has 8 nitrogen and oxygen atoms in total. The molecule has 0 aliphatic heterocycles. The van der Waals surface area contributed by atoms with E-state index in [1.807, 2.05) is 35.9 Å². The van der Waals surface area contributed by atoms with E-state index in [0.717, 1.165) is 11.2 Å². The van der Waals surface area contributed by atoms with Gasteiger partial charge in [0.05, 0.1) is 23.8 Å². The van der Waals surface area contributed by atoms with Gasteiger partial charge in [0, 0.05) is 24.0 Å². The highest BCUT2D eigenvalue weighted by molar-refractivity contribution is 5.95. The Morgan fingerprint density at radius 2 is 2.12 bits per heavy atom. The zero-order valence-electron chi connectivity index (χ0n) is 14.4. The fourth-order valence-corrected chi connectivity index (χ4v) is 2.59. The Kier molecular flexibility index (Phi) is 4.83. The number of hydrogen-bond donors (Lipinski definition) is 1. The molecular formula is C18H18N4O4. The van der Waals surface area contributed by atoms with Crippen molar-refractivity contribution in [3.8, 4) is 5.75 Å². The Morgan fingerprint density at radius 1 is 1.31 bits per heavy atom. The fraction of sp³-hybridized carbons (Fsp3) is 0.222. The molecule has 3 aromatic rings. The number of nitrogens with one attached hydrogen (secondary N) is 1. The first-order chi connectivity index (χ1) is 12.5. The number of aromatic nitrogens is 2. The number of benzene rings is 1. The van der Waals surface area contributed by atoms with Gasteiger partial charge in [-0.2, -0.15) is 0 Å². The number of nitro benzene ring substituents is 1. The Balaban J connectivity index is 1.74. The van der Waals surface area contributed by atoms with Crippen LogP contribution in [0.15, 0.2) is 42.7 Å². The van der Waals surface area contributed by atoms with Gasteiger partial charge in [-0.25, -0.2) is 4.98 Å². The van der Waals surface area contributed by atoms with Gasteiger partial charge in [-0.05, 0) is 37.6 Å². The summed E-state index contributed by atoms with van der Waals surface area (Å²) in [4.78, 5) is 27.3. The van der Waals surface area contributed by atoms with E-state index in [2.05, 4.69) is 10.3 Å². The third-order valence-electron chi connectivity index (χ3n) is 3.80. The summed E-state index contributed by atoms with van der Waals surface area (Å²) in [5.41, 5.74) is 2.55. The lowest BCUT2D eigenvalue weighted by Crippen LogP contribution is -2.23. The van der Waals surface area contributed by atoms with Crippen LogP contribution in [0.3, 0.4) is 0 Å². The summed E-state index contributed by atoms with van der Waals surface area (Å²) in [6, 6.07) is 8.01. The highest BCUT2D eigenvalue weighted by Crippen LogP contribution is 2.28. The van der Waals surface area contributed by atoms with Crippen molar-refractivity contribution in [2.24, 2.45) is 0 Å². The average molecular weight is 354 g/mol. The summed E-state index contributed by atoms with van der Waals surface area (Å²) in [6.45, 7) is 4.25. The van der Waals surface area contributed by atoms with Gasteiger partial charge in [-0.15, -0.1) is 0 Å². The summed E-state index contributed by atoms with van der Waals surface area (Å²) in [6.07, 6.45) is 3.78. The second-order valence-corrected chi connectivity index (χ2v) is 5.76. The Morgan fingerprint density at radius 3 is 2.85 bits per heavy atom. The largest absolute Gasteiger partial charge is 0.487 e. The number of carbonyl (C=O) groups excluding carboxylic acids is 1. The van der Waals surface area contributed by atoms with Crippen molar-refractivity contribution in [1.29, 1.82) is 0 Å². The summed E-state index contributed by atoms with van der Waals surface area (Å²) in [5, 5.41) is 13.9. The smallest absolute Gasteiger partial charge is 0.311 e. The number of amides is 1. The maximum absolute atomic E-state index is 12.3. The molecule has 0 fully saturated rings. The summed E-state index contributed by atoms with van der Waals surface area (Å²) >= 11 is 0. The maximum Gasteiger partial charge on any atom is 0.311 e. The molecule has 0 radical (unpaired) electrons. The molecule has 0 atom stereocenters. The molecule has 2 aromatic heterocycles. The zero-order valence-corrected chi connectivity index (χ0v) is 14.4. The standard InChI is InChI=1S/C18H18N4O4/c1-3-26-16-6-5-13(8-15(16)22(24)25)18(23)19-9-14-11-21-10-12(2)4-7-17(21)20-14/h4-8,10-11H,3,9H2,1-2H3,(H,19,23). The van der Waals surface area contributed by atoms with Crippen molar-refractivity contribution in [2.75, 3.05) is 6.61 Å². The van der Waals surface area contributed by atoms with Crippen molar-refractivity contribution >= 4 is 17.2 Å². The monoisotopic (exact) mass is 354 g/mol. The second-order valence-electron chi connectivity index (χ2n) is 5.76. The third kappa shape index (κ3) is 3.64. The van der Waals surface area contributed by atoms with Crippen LogP contribution < -0.4 is 10.1 Å². The van der Waals surface area contributed by atoms with Crippen molar-refractivity contribution in [1.82, 2.24) is 14.7 Å². The van der Waals surface area contributed by atoms with Gasteiger partial charge < -0.3 is 14.5 Å². The van der Waals surface area contributed by atoms with Gasteiger partial charge in [-0.1, -0.05) is 6.07 Å². The molecule has 0 aliphatic carbocycles. The molecule has 134 valence electrons. The molecule has 0 aliphatic rings. The Labute approximate surface area is 149 Å². The van der Waals surface area contributed by atoms with Crippen LogP contribution in [0.5, 0.6) is 5.75 Å². The van der Waals surface area contributed by atoms with Crippen molar-refractivity contribution < 1.29 is 14.5 Å². The molecule has 2 heterocycles. The molecule has 1 N–H and O–H groups in total. The van der Waals surface area contributed by atoms with E-state index < -0.39 is 10.8 Å². The first-order valence-corrected chi connectivity index (χ1v) is 8.11. The van der Waals surface area contributed by atoms with Crippen molar-refractivity contribution in [3.05, 3.63) is 69.7 Å². The van der Waals surface area contributed by atoms with Gasteiger partial charge in [0.25, 0.3) is 5.91 Å². The van der Waals surface area contributed by atoms with Gasteiger partial charge in [0.15, 0.2) is 5.75 Å². The number of nitro groups is 1. The van der Waals surface area contributed by atoms with E-state index in [1.165, 1.54) is 18.2 Å². The molecular weight excluding hydrogens is 336 g/mol. The number of ether oxygens (including phenoxy) is 1. The Hall–Kier alpha value is -3.42. The predicted molar refractivity (Wildman–Crippen MR) is 95.4 cm³/mol. The molecule has 0 saturated carbocycles. The van der Waals surface area contributed by atoms with E-state index in [4.69, 9.17) is 4.74 Å². The number of carbonyl (C=O) groups is 1. The van der Waals surface area contributed by atoms with E-state index >= 15 is 0 Å². The van der Waals surface area contributed by atoms with Gasteiger partial charge in [-0.3, -0.25) is 14.9 Å². The van der Waals surface area contributed by atoms with Crippen LogP contribution >= 0.6 is 0 Å². The number of rotatable bonds is 6. The van der Waals surface area contributed by atoms with Crippen LogP contribution in [-0.2, 0) is 6.54 Å². The molecule has 0 unspecified atom stereocenters. The van der Waals surface area contributed by atoms with E-state index in [-0.39, 0.29) is 23.5 Å². The van der Waals surface area contributed by atoms with Gasteiger partial charge in [0.1, 0.15) is 5.65 Å². The number of nitrogens with zero attached hydrogens (tertiary/aromatic N) is 3. The molecule has 0 bridgehead atoms. The van der Waals surface area contributed by atoms with E-state index in [9.17, 15) is 14.9 Å². The summed E-state index contributed by atoms with van der Waals surface area (Å²) < 4.78 is 7.11.